The van der Waals surface area contributed by atoms with Gasteiger partial charge in [-0.25, -0.2) is 4.21 Å². The van der Waals surface area contributed by atoms with Gasteiger partial charge in [-0.3, -0.25) is 4.99 Å². The van der Waals surface area contributed by atoms with E-state index in [1.807, 2.05) is 18.4 Å². The third-order valence-electron chi connectivity index (χ3n) is 1.91. The second kappa shape index (κ2) is 2.73. The molecule has 1 atom stereocenters. The Morgan fingerprint density at radius 3 is 3.00 bits per heavy atom. The van der Waals surface area contributed by atoms with Crippen LogP contribution in [0.4, 0.5) is 0 Å². The van der Waals surface area contributed by atoms with Crippen LogP contribution < -0.4 is 0 Å². The Kier molecular flexibility index (Phi) is 1.80. The Bertz CT molecular complexity index is 370. The van der Waals surface area contributed by atoms with Crippen LogP contribution in [0.3, 0.4) is 0 Å². The summed E-state index contributed by atoms with van der Waals surface area (Å²) in [4.78, 5) is 4.95. The monoisotopic (exact) mass is 194 g/mol. The summed E-state index contributed by atoms with van der Waals surface area (Å²) in [5.74, 6) is 0. The lowest BCUT2D eigenvalue weighted by atomic mass is 9.95. The predicted molar refractivity (Wildman–Crippen MR) is 55.1 cm³/mol. The van der Waals surface area contributed by atoms with Crippen LogP contribution in [0.5, 0.6) is 0 Å². The van der Waals surface area contributed by atoms with E-state index in [1.54, 1.807) is 6.21 Å². The second-order valence-corrected chi connectivity index (χ2v) is 4.80. The minimum Gasteiger partial charge on any atom is -0.257 e. The zero-order valence-corrected chi connectivity index (χ0v) is 8.34. The molecule has 4 heteroatoms. The third kappa shape index (κ3) is 1.54. The molecule has 2 rings (SSSR count). The molecule has 1 unspecified atom stereocenters. The summed E-state index contributed by atoms with van der Waals surface area (Å²) >= 11 is 0. The molecule has 13 heavy (non-hydrogen) atoms. The fourth-order valence-corrected chi connectivity index (χ4v) is 1.90. The van der Waals surface area contributed by atoms with Crippen molar-refractivity contribution in [1.29, 1.82) is 0 Å². The molecule has 0 aromatic heterocycles. The molecule has 0 saturated carbocycles. The zero-order valence-electron chi connectivity index (χ0n) is 7.52. The van der Waals surface area contributed by atoms with Gasteiger partial charge in [-0.1, -0.05) is 19.9 Å². The van der Waals surface area contributed by atoms with Gasteiger partial charge in [0, 0.05) is 11.6 Å². The molecular weight excluding hydrogens is 184 g/mol. The van der Waals surface area contributed by atoms with Crippen molar-refractivity contribution in [1.82, 2.24) is 0 Å². The number of allylic oxidation sites excluding steroid dienone is 3. The number of hydrogen-bond acceptors (Lipinski definition) is 2. The fraction of sp³-hybridized carbons (Fsp3) is 0.333. The minimum absolute atomic E-state index is 0.0671. The van der Waals surface area contributed by atoms with Crippen molar-refractivity contribution in [2.45, 2.75) is 13.8 Å². The van der Waals surface area contributed by atoms with Crippen molar-refractivity contribution in [3.8, 4) is 0 Å². The van der Waals surface area contributed by atoms with Crippen LogP contribution in [-0.2, 0) is 11.0 Å². The Morgan fingerprint density at radius 2 is 2.23 bits per heavy atom. The standard InChI is InChI=1S/C9H10N2OS/c1-9(2)4-3-8-7(10-6-9)5-11-13(8)12/h3-6H,1-2H3. The van der Waals surface area contributed by atoms with E-state index < -0.39 is 11.0 Å². The van der Waals surface area contributed by atoms with Crippen LogP contribution in [0.15, 0.2) is 32.1 Å². The second-order valence-electron chi connectivity index (χ2n) is 3.65. The lowest BCUT2D eigenvalue weighted by Crippen LogP contribution is -2.07. The molecule has 0 aromatic rings. The lowest BCUT2D eigenvalue weighted by Gasteiger charge is -2.10. The summed E-state index contributed by atoms with van der Waals surface area (Å²) in [5, 5.41) is 0. The molecular formula is C9H10N2OS. The van der Waals surface area contributed by atoms with Crippen LogP contribution in [0.1, 0.15) is 13.8 Å². The maximum atomic E-state index is 11.3. The molecule has 2 aliphatic heterocycles. The summed E-state index contributed by atoms with van der Waals surface area (Å²) in [7, 11) is -1.24. The number of nitrogens with zero attached hydrogens (tertiary/aromatic N) is 2. The summed E-state index contributed by atoms with van der Waals surface area (Å²) in [6, 6.07) is 0. The third-order valence-corrected chi connectivity index (χ3v) is 2.93. The van der Waals surface area contributed by atoms with E-state index in [4.69, 9.17) is 0 Å². The van der Waals surface area contributed by atoms with E-state index >= 15 is 0 Å². The summed E-state index contributed by atoms with van der Waals surface area (Å²) in [6.07, 6.45) is 7.25. The van der Waals surface area contributed by atoms with Gasteiger partial charge in [-0.15, -0.1) is 0 Å². The molecule has 0 bridgehead atoms. The first-order valence-electron chi connectivity index (χ1n) is 4.03. The number of aliphatic imine (C=N–C) groups is 1. The Morgan fingerprint density at radius 1 is 1.46 bits per heavy atom. The van der Waals surface area contributed by atoms with Gasteiger partial charge in [0.2, 0.25) is 0 Å². The van der Waals surface area contributed by atoms with Crippen molar-refractivity contribution in [3.63, 3.8) is 0 Å². The quantitative estimate of drug-likeness (QED) is 0.577. The van der Waals surface area contributed by atoms with Crippen molar-refractivity contribution in [2.24, 2.45) is 14.8 Å². The van der Waals surface area contributed by atoms with Crippen LogP contribution in [0.25, 0.3) is 0 Å². The van der Waals surface area contributed by atoms with Gasteiger partial charge in [0.1, 0.15) is 0 Å². The Hall–Kier alpha value is -1.03. The van der Waals surface area contributed by atoms with Crippen molar-refractivity contribution in [2.75, 3.05) is 0 Å². The highest BCUT2D eigenvalue weighted by molar-refractivity contribution is 7.88. The van der Waals surface area contributed by atoms with Gasteiger partial charge in [0.15, 0.2) is 11.0 Å². The Balaban J connectivity index is 2.47. The fourth-order valence-electron chi connectivity index (χ4n) is 1.12. The highest BCUT2D eigenvalue weighted by Crippen LogP contribution is 2.25. The zero-order chi connectivity index (χ0) is 9.47. The smallest absolute Gasteiger partial charge is 0.174 e. The van der Waals surface area contributed by atoms with E-state index in [0.29, 0.717) is 4.91 Å². The average Bonchev–Trinajstić information content (AvgIpc) is 2.32. The molecule has 2 aliphatic rings. The van der Waals surface area contributed by atoms with Crippen LogP contribution in [0.2, 0.25) is 0 Å². The maximum Gasteiger partial charge on any atom is 0.174 e. The van der Waals surface area contributed by atoms with Crippen LogP contribution >= 0.6 is 0 Å². The van der Waals surface area contributed by atoms with Crippen molar-refractivity contribution in [3.05, 3.63) is 22.8 Å². The highest BCUT2D eigenvalue weighted by Gasteiger charge is 2.20. The van der Waals surface area contributed by atoms with Crippen molar-refractivity contribution >= 4 is 23.4 Å². The SMILES string of the molecule is CC1(C)C=CC2=C(C=NS2=O)N=C1. The van der Waals surface area contributed by atoms with Crippen LogP contribution in [0, 0.1) is 5.41 Å². The molecule has 0 radical (unpaired) electrons. The van der Waals surface area contributed by atoms with Gasteiger partial charge >= 0.3 is 0 Å². The molecule has 0 fully saturated rings. The summed E-state index contributed by atoms with van der Waals surface area (Å²) in [6.45, 7) is 4.10. The first-order chi connectivity index (χ1) is 6.08. The molecule has 0 saturated heterocycles. The molecule has 0 amide bonds. The molecule has 0 aromatic carbocycles. The van der Waals surface area contributed by atoms with Gasteiger partial charge in [0.05, 0.1) is 16.8 Å². The topological polar surface area (TPSA) is 41.8 Å². The minimum atomic E-state index is -1.24. The predicted octanol–water partition coefficient (Wildman–Crippen LogP) is 1.61. The molecule has 3 nitrogen and oxygen atoms in total. The Labute approximate surface area is 79.6 Å². The van der Waals surface area contributed by atoms with Crippen LogP contribution in [-0.4, -0.2) is 16.6 Å². The van der Waals surface area contributed by atoms with Gasteiger partial charge in [0.25, 0.3) is 0 Å². The molecule has 2 heterocycles. The van der Waals surface area contributed by atoms with E-state index in [9.17, 15) is 4.21 Å². The van der Waals surface area contributed by atoms with Gasteiger partial charge in [-0.05, 0) is 6.08 Å². The van der Waals surface area contributed by atoms with Crippen molar-refractivity contribution < 1.29 is 4.21 Å². The van der Waals surface area contributed by atoms with E-state index in [-0.39, 0.29) is 5.41 Å². The molecule has 0 aliphatic carbocycles. The molecule has 0 spiro atoms. The van der Waals surface area contributed by atoms with Gasteiger partial charge in [-0.2, -0.15) is 4.40 Å². The number of hydrogen-bond donors (Lipinski definition) is 0. The normalized spacial score (nSPS) is 29.2. The first kappa shape index (κ1) is 8.56. The average molecular weight is 194 g/mol. The van der Waals surface area contributed by atoms with E-state index in [2.05, 4.69) is 23.2 Å². The lowest BCUT2D eigenvalue weighted by molar-refractivity contribution is 0.688. The first-order valence-corrected chi connectivity index (χ1v) is 5.14. The largest absolute Gasteiger partial charge is 0.257 e. The van der Waals surface area contributed by atoms with E-state index in [0.717, 1.165) is 5.70 Å². The molecule has 68 valence electrons. The maximum absolute atomic E-state index is 11.3. The number of rotatable bonds is 0. The van der Waals surface area contributed by atoms with Gasteiger partial charge < -0.3 is 0 Å². The molecule has 0 N–H and O–H groups in total. The highest BCUT2D eigenvalue weighted by atomic mass is 32.2. The summed E-state index contributed by atoms with van der Waals surface area (Å²) < 4.78 is 15.1. The van der Waals surface area contributed by atoms with E-state index in [1.165, 1.54) is 0 Å². The summed E-state index contributed by atoms with van der Waals surface area (Å²) in [5.41, 5.74) is 0.655.